The van der Waals surface area contributed by atoms with E-state index in [0.717, 1.165) is 12.1 Å². The van der Waals surface area contributed by atoms with E-state index in [2.05, 4.69) is 20.8 Å². The number of tetrazole rings is 1. The predicted molar refractivity (Wildman–Crippen MR) is 75.1 cm³/mol. The molecule has 0 aliphatic rings. The van der Waals surface area contributed by atoms with E-state index in [9.17, 15) is 18.0 Å². The maximum absolute atomic E-state index is 12.8. The first-order valence-electron chi connectivity index (χ1n) is 7.07. The number of benzene rings is 1. The summed E-state index contributed by atoms with van der Waals surface area (Å²) >= 11 is 0. The summed E-state index contributed by atoms with van der Waals surface area (Å²) < 4.78 is 39.7. The molecule has 124 valence electrons. The van der Waals surface area contributed by atoms with Gasteiger partial charge >= 0.3 is 6.18 Å². The van der Waals surface area contributed by atoms with E-state index in [1.807, 2.05) is 6.92 Å². The second-order valence-electron chi connectivity index (χ2n) is 5.04. The second kappa shape index (κ2) is 7.21. The molecule has 9 heteroatoms. The maximum atomic E-state index is 12.8. The van der Waals surface area contributed by atoms with Gasteiger partial charge in [-0.1, -0.05) is 25.5 Å². The Balaban J connectivity index is 2.13. The van der Waals surface area contributed by atoms with Gasteiger partial charge in [0.25, 0.3) is 0 Å². The first-order chi connectivity index (χ1) is 10.9. The predicted octanol–water partition coefficient (Wildman–Crippen LogP) is 2.35. The van der Waals surface area contributed by atoms with Crippen LogP contribution >= 0.6 is 0 Å². The fraction of sp³-hybridized carbons (Fsp3) is 0.429. The smallest absolute Gasteiger partial charge is 0.348 e. The third kappa shape index (κ3) is 4.76. The number of alkyl halides is 3. The summed E-state index contributed by atoms with van der Waals surface area (Å²) in [5, 5.41) is 13.1. The Hall–Kier alpha value is -2.45. The molecule has 1 aromatic heterocycles. The molecular weight excluding hydrogens is 311 g/mol. The molecule has 1 aromatic carbocycles. The zero-order chi connectivity index (χ0) is 16.9. The molecule has 0 saturated heterocycles. The molecule has 1 atom stereocenters. The van der Waals surface area contributed by atoms with E-state index in [-0.39, 0.29) is 12.5 Å². The third-order valence-corrected chi connectivity index (χ3v) is 3.23. The Labute approximate surface area is 130 Å². The highest BCUT2D eigenvalue weighted by Crippen LogP contribution is 2.31. The molecule has 0 radical (unpaired) electrons. The van der Waals surface area contributed by atoms with Gasteiger partial charge in [-0.05, 0) is 34.5 Å². The van der Waals surface area contributed by atoms with Crippen molar-refractivity contribution in [2.24, 2.45) is 0 Å². The van der Waals surface area contributed by atoms with Gasteiger partial charge in [-0.25, -0.2) is 4.68 Å². The first-order valence-corrected chi connectivity index (χ1v) is 7.07. The normalized spacial score (nSPS) is 12.9. The number of rotatable bonds is 6. The van der Waals surface area contributed by atoms with E-state index < -0.39 is 17.8 Å². The van der Waals surface area contributed by atoms with Crippen LogP contribution < -0.4 is 5.32 Å². The van der Waals surface area contributed by atoms with Crippen molar-refractivity contribution in [2.75, 3.05) is 0 Å². The molecule has 6 nitrogen and oxygen atoms in total. The minimum atomic E-state index is -4.41. The van der Waals surface area contributed by atoms with Crippen LogP contribution in [0.5, 0.6) is 0 Å². The van der Waals surface area contributed by atoms with Crippen LogP contribution in [-0.4, -0.2) is 26.1 Å². The molecule has 23 heavy (non-hydrogen) atoms. The van der Waals surface area contributed by atoms with Crippen molar-refractivity contribution in [3.05, 3.63) is 41.7 Å². The van der Waals surface area contributed by atoms with Crippen LogP contribution in [0.1, 0.15) is 36.9 Å². The second-order valence-corrected chi connectivity index (χ2v) is 5.04. The van der Waals surface area contributed by atoms with Crippen molar-refractivity contribution in [1.82, 2.24) is 25.5 Å². The third-order valence-electron chi connectivity index (χ3n) is 3.23. The quantitative estimate of drug-likeness (QED) is 0.884. The zero-order valence-corrected chi connectivity index (χ0v) is 12.4. The summed E-state index contributed by atoms with van der Waals surface area (Å²) in [4.78, 5) is 12.0. The average molecular weight is 327 g/mol. The van der Waals surface area contributed by atoms with Crippen molar-refractivity contribution in [1.29, 1.82) is 0 Å². The molecule has 0 aliphatic heterocycles. The topological polar surface area (TPSA) is 72.7 Å². The first kappa shape index (κ1) is 16.9. The fourth-order valence-corrected chi connectivity index (χ4v) is 2.18. The van der Waals surface area contributed by atoms with Gasteiger partial charge in [0, 0.05) is 0 Å². The van der Waals surface area contributed by atoms with E-state index in [1.165, 1.54) is 17.1 Å². The number of amides is 1. The minimum absolute atomic E-state index is 0.0911. The van der Waals surface area contributed by atoms with Crippen LogP contribution in [0.15, 0.2) is 30.6 Å². The molecule has 0 bridgehead atoms. The highest BCUT2D eigenvalue weighted by molar-refractivity contribution is 5.76. The number of carbonyl (C=O) groups excluding carboxylic acids is 1. The highest BCUT2D eigenvalue weighted by Gasteiger charge is 2.31. The van der Waals surface area contributed by atoms with Crippen molar-refractivity contribution in [3.63, 3.8) is 0 Å². The SMILES string of the molecule is CCC[C@@H](NC(=O)Cn1cnnn1)c1cccc(C(F)(F)F)c1. The Kier molecular flexibility index (Phi) is 5.30. The summed E-state index contributed by atoms with van der Waals surface area (Å²) in [5.41, 5.74) is -0.308. The standard InChI is InChI=1S/C14H16F3N5O/c1-2-4-12(19-13(23)8-22-9-18-20-21-22)10-5-3-6-11(7-10)14(15,16)17/h3,5-7,9,12H,2,4,8H2,1H3,(H,19,23)/t12-/m1/s1. The average Bonchev–Trinajstić information content (AvgIpc) is 2.99. The fourth-order valence-electron chi connectivity index (χ4n) is 2.18. The Morgan fingerprint density at radius 2 is 2.17 bits per heavy atom. The van der Waals surface area contributed by atoms with Crippen LogP contribution in [0.2, 0.25) is 0 Å². The zero-order valence-electron chi connectivity index (χ0n) is 12.4. The van der Waals surface area contributed by atoms with Gasteiger partial charge in [-0.3, -0.25) is 4.79 Å². The van der Waals surface area contributed by atoms with Crippen molar-refractivity contribution in [3.8, 4) is 0 Å². The molecule has 1 heterocycles. The molecule has 0 unspecified atom stereocenters. The maximum Gasteiger partial charge on any atom is 0.416 e. The number of nitrogens with one attached hydrogen (secondary N) is 1. The number of halogens is 3. The number of carbonyl (C=O) groups is 1. The summed E-state index contributed by atoms with van der Waals surface area (Å²) in [5.74, 6) is -0.367. The molecule has 0 fully saturated rings. The minimum Gasteiger partial charge on any atom is -0.348 e. The molecule has 1 amide bonds. The largest absolute Gasteiger partial charge is 0.416 e. The molecule has 0 saturated carbocycles. The van der Waals surface area contributed by atoms with Crippen LogP contribution in [0.3, 0.4) is 0 Å². The van der Waals surface area contributed by atoms with Gasteiger partial charge < -0.3 is 5.32 Å². The summed E-state index contributed by atoms with van der Waals surface area (Å²) in [6, 6.07) is 4.50. The van der Waals surface area contributed by atoms with Crippen LogP contribution in [0.25, 0.3) is 0 Å². The van der Waals surface area contributed by atoms with Crippen molar-refractivity contribution < 1.29 is 18.0 Å². The van der Waals surface area contributed by atoms with E-state index in [0.29, 0.717) is 18.4 Å². The Morgan fingerprint density at radius 1 is 1.39 bits per heavy atom. The lowest BCUT2D eigenvalue weighted by atomic mass is 10.00. The van der Waals surface area contributed by atoms with Crippen LogP contribution in [-0.2, 0) is 17.5 Å². The number of nitrogens with zero attached hydrogens (tertiary/aromatic N) is 4. The summed E-state index contributed by atoms with van der Waals surface area (Å²) in [7, 11) is 0. The van der Waals surface area contributed by atoms with E-state index in [4.69, 9.17) is 0 Å². The number of hydrogen-bond acceptors (Lipinski definition) is 4. The molecule has 2 aromatic rings. The molecule has 1 N–H and O–H groups in total. The number of hydrogen-bond donors (Lipinski definition) is 1. The van der Waals surface area contributed by atoms with Crippen LogP contribution in [0, 0.1) is 0 Å². The molecule has 2 rings (SSSR count). The van der Waals surface area contributed by atoms with E-state index >= 15 is 0 Å². The van der Waals surface area contributed by atoms with Gasteiger partial charge in [0.1, 0.15) is 12.9 Å². The number of aromatic nitrogens is 4. The van der Waals surface area contributed by atoms with E-state index in [1.54, 1.807) is 6.07 Å². The Bertz CT molecular complexity index is 642. The summed E-state index contributed by atoms with van der Waals surface area (Å²) in [6.07, 6.45) is -1.88. The lowest BCUT2D eigenvalue weighted by Crippen LogP contribution is -2.32. The van der Waals surface area contributed by atoms with Crippen molar-refractivity contribution >= 4 is 5.91 Å². The molecule has 0 spiro atoms. The lowest BCUT2D eigenvalue weighted by molar-refractivity contribution is -0.137. The summed E-state index contributed by atoms with van der Waals surface area (Å²) in [6.45, 7) is 1.81. The molecule has 0 aliphatic carbocycles. The lowest BCUT2D eigenvalue weighted by Gasteiger charge is -2.20. The monoisotopic (exact) mass is 327 g/mol. The van der Waals surface area contributed by atoms with Gasteiger partial charge in [-0.15, -0.1) is 5.10 Å². The van der Waals surface area contributed by atoms with Gasteiger partial charge in [0.2, 0.25) is 5.91 Å². The highest BCUT2D eigenvalue weighted by atomic mass is 19.4. The van der Waals surface area contributed by atoms with Crippen molar-refractivity contribution in [2.45, 2.75) is 38.5 Å². The van der Waals surface area contributed by atoms with Crippen LogP contribution in [0.4, 0.5) is 13.2 Å². The Morgan fingerprint density at radius 3 is 2.78 bits per heavy atom. The van der Waals surface area contributed by atoms with Gasteiger partial charge in [0.05, 0.1) is 11.6 Å². The van der Waals surface area contributed by atoms with Gasteiger partial charge in [0.15, 0.2) is 0 Å². The van der Waals surface area contributed by atoms with Gasteiger partial charge in [-0.2, -0.15) is 13.2 Å². The molecular formula is C14H16F3N5O.